The van der Waals surface area contributed by atoms with Crippen LogP contribution in [0.2, 0.25) is 0 Å². The minimum Gasteiger partial charge on any atom is -0.341 e. The zero-order valence-corrected chi connectivity index (χ0v) is 20.5. The van der Waals surface area contributed by atoms with Crippen molar-refractivity contribution in [1.82, 2.24) is 29.5 Å². The Bertz CT molecular complexity index is 1420. The lowest BCUT2D eigenvalue weighted by Gasteiger charge is -2.32. The molecule has 0 spiro atoms. The number of hydrogen-bond donors (Lipinski definition) is 1. The molecule has 1 unspecified atom stereocenters. The highest BCUT2D eigenvalue weighted by Gasteiger charge is 2.28. The van der Waals surface area contributed by atoms with Crippen LogP contribution < -0.4 is 5.56 Å². The van der Waals surface area contributed by atoms with Crippen molar-refractivity contribution >= 4 is 44.9 Å². The number of hydrogen-bond acceptors (Lipinski definition) is 7. The summed E-state index contributed by atoms with van der Waals surface area (Å²) in [5.41, 5.74) is 2.00. The fraction of sp³-hybridized carbons (Fsp3) is 0.458. The molecule has 176 valence electrons. The van der Waals surface area contributed by atoms with Gasteiger partial charge in [-0.05, 0) is 56.2 Å². The molecule has 2 aliphatic rings. The van der Waals surface area contributed by atoms with Crippen LogP contribution >= 0.6 is 23.1 Å². The number of pyridine rings is 1. The van der Waals surface area contributed by atoms with Crippen LogP contribution in [0.15, 0.2) is 29.2 Å². The van der Waals surface area contributed by atoms with Crippen LogP contribution in [-0.2, 0) is 23.4 Å². The van der Waals surface area contributed by atoms with Crippen molar-refractivity contribution in [3.05, 3.63) is 56.8 Å². The quantitative estimate of drug-likeness (QED) is 0.456. The molecular weight excluding hydrogens is 468 g/mol. The maximum atomic E-state index is 13.0. The molecule has 0 saturated carbocycles. The van der Waals surface area contributed by atoms with Crippen LogP contribution in [0, 0.1) is 0 Å². The highest BCUT2D eigenvalue weighted by Crippen LogP contribution is 2.33. The van der Waals surface area contributed by atoms with Crippen molar-refractivity contribution in [2.45, 2.75) is 50.2 Å². The van der Waals surface area contributed by atoms with Crippen LogP contribution in [0.4, 0.5) is 0 Å². The van der Waals surface area contributed by atoms with E-state index >= 15 is 0 Å². The number of aryl methyl sites for hydroxylation is 2. The van der Waals surface area contributed by atoms with E-state index < -0.39 is 0 Å². The van der Waals surface area contributed by atoms with E-state index in [-0.39, 0.29) is 17.4 Å². The van der Waals surface area contributed by atoms with Crippen molar-refractivity contribution < 1.29 is 4.79 Å². The Hall–Kier alpha value is -2.72. The lowest BCUT2D eigenvalue weighted by molar-refractivity contribution is -0.129. The Morgan fingerprint density at radius 2 is 2.12 bits per heavy atom. The van der Waals surface area contributed by atoms with Crippen molar-refractivity contribution in [3.8, 4) is 0 Å². The van der Waals surface area contributed by atoms with Gasteiger partial charge in [0.15, 0.2) is 5.65 Å². The van der Waals surface area contributed by atoms with E-state index in [1.54, 1.807) is 11.3 Å². The number of rotatable bonds is 5. The van der Waals surface area contributed by atoms with E-state index in [4.69, 9.17) is 4.98 Å². The number of carbonyl (C=O) groups excluding carboxylic acids is 1. The second-order valence-corrected chi connectivity index (χ2v) is 11.1. The fourth-order valence-electron chi connectivity index (χ4n) is 5.16. The number of piperidine rings is 1. The molecule has 0 radical (unpaired) electrons. The standard InChI is InChI=1S/C24H26N6O2S2/c31-20(29-10-5-6-15(12-29)22-28-27-19-9-3-4-11-30(19)22)14-33-13-18-25-23(32)21-16-7-1-2-8-17(16)34-24(21)26-18/h3-4,9,11,15H,1-2,5-8,10,12-14H2,(H,25,26,32). The first-order valence-corrected chi connectivity index (χ1v) is 13.8. The maximum absolute atomic E-state index is 13.0. The van der Waals surface area contributed by atoms with E-state index in [1.807, 2.05) is 33.7 Å². The average molecular weight is 495 g/mol. The van der Waals surface area contributed by atoms with Gasteiger partial charge in [0.25, 0.3) is 5.56 Å². The molecule has 34 heavy (non-hydrogen) atoms. The molecule has 8 nitrogen and oxygen atoms in total. The van der Waals surface area contributed by atoms with E-state index in [2.05, 4.69) is 15.2 Å². The number of amides is 1. The molecule has 4 aromatic rings. The summed E-state index contributed by atoms with van der Waals surface area (Å²) < 4.78 is 2.02. The van der Waals surface area contributed by atoms with Gasteiger partial charge in [-0.15, -0.1) is 33.3 Å². The molecule has 1 N–H and O–H groups in total. The van der Waals surface area contributed by atoms with Gasteiger partial charge in [-0.2, -0.15) is 0 Å². The predicted octanol–water partition coefficient (Wildman–Crippen LogP) is 3.55. The van der Waals surface area contributed by atoms with Gasteiger partial charge in [0.2, 0.25) is 5.91 Å². The molecular formula is C24H26N6O2S2. The van der Waals surface area contributed by atoms with Gasteiger partial charge >= 0.3 is 0 Å². The second-order valence-electron chi connectivity index (χ2n) is 9.06. The Morgan fingerprint density at radius 1 is 1.21 bits per heavy atom. The highest BCUT2D eigenvalue weighted by molar-refractivity contribution is 7.99. The Labute approximate surface area is 204 Å². The number of H-pyrrole nitrogens is 1. The van der Waals surface area contributed by atoms with Gasteiger partial charge in [-0.3, -0.25) is 14.0 Å². The monoisotopic (exact) mass is 494 g/mol. The molecule has 1 atom stereocenters. The number of aromatic amines is 1. The molecule has 5 heterocycles. The number of aromatic nitrogens is 5. The minimum absolute atomic E-state index is 0.0364. The maximum Gasteiger partial charge on any atom is 0.259 e. The largest absolute Gasteiger partial charge is 0.341 e. The number of fused-ring (bicyclic) bond motifs is 4. The fourth-order valence-corrected chi connectivity index (χ4v) is 7.23. The Morgan fingerprint density at radius 3 is 3.06 bits per heavy atom. The van der Waals surface area contributed by atoms with E-state index in [0.29, 0.717) is 23.9 Å². The summed E-state index contributed by atoms with van der Waals surface area (Å²) in [5, 5.41) is 9.45. The minimum atomic E-state index is -0.0364. The summed E-state index contributed by atoms with van der Waals surface area (Å²) in [7, 11) is 0. The van der Waals surface area contributed by atoms with Crippen molar-refractivity contribution in [2.75, 3.05) is 18.8 Å². The first-order chi connectivity index (χ1) is 16.7. The summed E-state index contributed by atoms with van der Waals surface area (Å²) in [6.07, 6.45) is 8.30. The van der Waals surface area contributed by atoms with Crippen LogP contribution in [0.5, 0.6) is 0 Å². The molecule has 0 aromatic carbocycles. The normalized spacial score (nSPS) is 18.5. The lowest BCUT2D eigenvalue weighted by Crippen LogP contribution is -2.40. The first kappa shape index (κ1) is 21.8. The van der Waals surface area contributed by atoms with Gasteiger partial charge in [0.05, 0.1) is 16.9 Å². The molecule has 6 rings (SSSR count). The highest BCUT2D eigenvalue weighted by atomic mass is 32.2. The number of carbonyl (C=O) groups is 1. The molecule has 1 amide bonds. The predicted molar refractivity (Wildman–Crippen MR) is 135 cm³/mol. The van der Waals surface area contributed by atoms with Crippen molar-refractivity contribution in [2.24, 2.45) is 0 Å². The summed E-state index contributed by atoms with van der Waals surface area (Å²) in [4.78, 5) is 37.5. The van der Waals surface area contributed by atoms with Gasteiger partial charge in [-0.25, -0.2) is 4.98 Å². The molecule has 1 aliphatic carbocycles. The molecule has 10 heteroatoms. The van der Waals surface area contributed by atoms with Crippen LogP contribution in [0.25, 0.3) is 15.9 Å². The first-order valence-electron chi connectivity index (χ1n) is 11.9. The van der Waals surface area contributed by atoms with Crippen LogP contribution in [-0.4, -0.2) is 54.2 Å². The summed E-state index contributed by atoms with van der Waals surface area (Å²) in [6, 6.07) is 5.87. The Kier molecular flexibility index (Phi) is 5.86. The number of nitrogens with one attached hydrogen (secondary N) is 1. The van der Waals surface area contributed by atoms with Crippen molar-refractivity contribution in [1.29, 1.82) is 0 Å². The van der Waals surface area contributed by atoms with E-state index in [0.717, 1.165) is 60.3 Å². The van der Waals surface area contributed by atoms with Crippen LogP contribution in [0.3, 0.4) is 0 Å². The van der Waals surface area contributed by atoms with E-state index in [9.17, 15) is 9.59 Å². The average Bonchev–Trinajstić information content (AvgIpc) is 3.46. The number of nitrogens with zero attached hydrogens (tertiary/aromatic N) is 5. The summed E-state index contributed by atoms with van der Waals surface area (Å²) in [6.45, 7) is 1.44. The second kappa shape index (κ2) is 9.14. The molecule has 4 aromatic heterocycles. The molecule has 1 aliphatic heterocycles. The Balaban J connectivity index is 1.10. The third-order valence-electron chi connectivity index (χ3n) is 6.82. The van der Waals surface area contributed by atoms with Gasteiger partial charge in [0, 0.05) is 30.1 Å². The molecule has 1 saturated heterocycles. The smallest absolute Gasteiger partial charge is 0.259 e. The van der Waals surface area contributed by atoms with Crippen LogP contribution in [0.1, 0.15) is 53.7 Å². The lowest BCUT2D eigenvalue weighted by atomic mass is 9.97. The third kappa shape index (κ3) is 4.02. The van der Waals surface area contributed by atoms with Gasteiger partial charge in [0.1, 0.15) is 16.5 Å². The zero-order valence-electron chi connectivity index (χ0n) is 18.8. The van der Waals surface area contributed by atoms with E-state index in [1.165, 1.54) is 28.6 Å². The number of likely N-dealkylation sites (tertiary alicyclic amines) is 1. The summed E-state index contributed by atoms with van der Waals surface area (Å²) in [5.74, 6) is 2.78. The molecule has 1 fully saturated rings. The number of thiophene rings is 1. The van der Waals surface area contributed by atoms with Gasteiger partial charge < -0.3 is 9.88 Å². The van der Waals surface area contributed by atoms with Gasteiger partial charge in [-0.1, -0.05) is 6.07 Å². The van der Waals surface area contributed by atoms with Crippen molar-refractivity contribution in [3.63, 3.8) is 0 Å². The topological polar surface area (TPSA) is 96.2 Å². The third-order valence-corrected chi connectivity index (χ3v) is 8.93. The zero-order chi connectivity index (χ0) is 23.1. The summed E-state index contributed by atoms with van der Waals surface area (Å²) >= 11 is 3.17. The molecule has 0 bridgehead atoms. The SMILES string of the molecule is O=C(CSCc1nc2sc3c(c2c(=O)[nH]1)CCCC3)N1CCCC(c2nnc3ccccn23)C1. The number of thioether (sulfide) groups is 1.